The van der Waals surface area contributed by atoms with Crippen molar-refractivity contribution < 1.29 is 99.2 Å². The van der Waals surface area contributed by atoms with Crippen LogP contribution in [-0.4, -0.2) is 179 Å². The number of esters is 1. The van der Waals surface area contributed by atoms with Crippen molar-refractivity contribution in [2.24, 2.45) is 0 Å². The Kier molecular flexibility index (Phi) is 14.3. The van der Waals surface area contributed by atoms with Crippen molar-refractivity contribution in [3.05, 3.63) is 53.6 Å². The molecule has 0 radical (unpaired) electrons. The van der Waals surface area contributed by atoms with Gasteiger partial charge in [0.15, 0.2) is 48.0 Å². The molecular weight excluding hydrogens is 740 g/mol. The highest BCUT2D eigenvalue weighted by Crippen LogP contribution is 2.33. The Morgan fingerprint density at radius 2 is 1.29 bits per heavy atom. The summed E-state index contributed by atoms with van der Waals surface area (Å²) in [5, 5.41) is 123. The highest BCUT2D eigenvalue weighted by Gasteiger charge is 2.53. The molecular formula is C35H46O20. The molecule has 0 saturated carbocycles. The molecule has 20 nitrogen and oxygen atoms in total. The highest BCUT2D eigenvalue weighted by atomic mass is 16.8. The average Bonchev–Trinajstić information content (AvgIpc) is 3.16. The number of carbonyl (C=O) groups is 1. The minimum absolute atomic E-state index is 0.107. The lowest BCUT2D eigenvalue weighted by Gasteiger charge is -2.47. The molecule has 0 unspecified atom stereocenters. The van der Waals surface area contributed by atoms with Crippen molar-refractivity contribution in [3.8, 4) is 23.0 Å². The first-order valence-corrected chi connectivity index (χ1v) is 17.2. The molecule has 5 rings (SSSR count). The van der Waals surface area contributed by atoms with Crippen LogP contribution in [0.4, 0.5) is 0 Å². The van der Waals surface area contributed by atoms with Crippen LogP contribution in [0.5, 0.6) is 23.0 Å². The van der Waals surface area contributed by atoms with E-state index in [-0.39, 0.29) is 24.3 Å². The van der Waals surface area contributed by atoms with E-state index < -0.39 is 129 Å². The van der Waals surface area contributed by atoms with Crippen LogP contribution >= 0.6 is 0 Å². The van der Waals surface area contributed by atoms with Crippen molar-refractivity contribution in [1.82, 2.24) is 0 Å². The molecule has 0 aliphatic carbocycles. The molecule has 55 heavy (non-hydrogen) atoms. The number of phenolic OH excluding ortho intramolecular Hbond substituents is 4. The summed E-state index contributed by atoms with van der Waals surface area (Å²) in [6, 6.07) is 7.73. The Labute approximate surface area is 313 Å². The zero-order chi connectivity index (χ0) is 40.1. The van der Waals surface area contributed by atoms with Crippen LogP contribution in [0.3, 0.4) is 0 Å². The molecule has 3 aliphatic rings. The summed E-state index contributed by atoms with van der Waals surface area (Å²) in [6.07, 6.45) is -22.7. The summed E-state index contributed by atoms with van der Waals surface area (Å²) in [4.78, 5) is 13.3. The maximum atomic E-state index is 13.3. The second-order valence-electron chi connectivity index (χ2n) is 13.3. The Bertz CT molecular complexity index is 1610. The molecule has 15 atom stereocenters. The maximum Gasteiger partial charge on any atom is 0.331 e. The van der Waals surface area contributed by atoms with Gasteiger partial charge in [-0.1, -0.05) is 12.1 Å². The number of aromatic hydroxyl groups is 4. The summed E-state index contributed by atoms with van der Waals surface area (Å²) in [6.45, 7) is -0.242. The van der Waals surface area contributed by atoms with Gasteiger partial charge in [-0.05, 0) is 54.8 Å². The minimum atomic E-state index is -1.97. The zero-order valence-electron chi connectivity index (χ0n) is 29.2. The minimum Gasteiger partial charge on any atom is -0.504 e. The Balaban J connectivity index is 1.44. The molecule has 20 heteroatoms. The van der Waals surface area contributed by atoms with Gasteiger partial charge in [-0.2, -0.15) is 0 Å². The number of aliphatic hydroxyl groups is 8. The maximum absolute atomic E-state index is 13.3. The summed E-state index contributed by atoms with van der Waals surface area (Å²) < 4.78 is 40.2. The molecule has 12 N–H and O–H groups in total. The van der Waals surface area contributed by atoms with Crippen LogP contribution in [0.2, 0.25) is 0 Å². The third-order valence-electron chi connectivity index (χ3n) is 9.36. The molecule has 0 spiro atoms. The van der Waals surface area contributed by atoms with Crippen LogP contribution in [0, 0.1) is 0 Å². The van der Waals surface area contributed by atoms with Crippen LogP contribution in [0.15, 0.2) is 42.5 Å². The fourth-order valence-corrected chi connectivity index (χ4v) is 6.14. The second-order valence-corrected chi connectivity index (χ2v) is 13.3. The predicted octanol–water partition coefficient (Wildman–Crippen LogP) is -3.19. The number of carbonyl (C=O) groups excluding carboxylic acids is 1. The largest absolute Gasteiger partial charge is 0.504 e. The molecule has 0 amide bonds. The zero-order valence-corrected chi connectivity index (χ0v) is 29.2. The van der Waals surface area contributed by atoms with Crippen LogP contribution in [0.1, 0.15) is 18.1 Å². The first-order valence-electron chi connectivity index (χ1n) is 17.2. The molecule has 2 aromatic rings. The monoisotopic (exact) mass is 786 g/mol. The number of benzene rings is 2. The van der Waals surface area contributed by atoms with E-state index in [1.165, 1.54) is 43.3 Å². The van der Waals surface area contributed by atoms with Crippen LogP contribution in [-0.2, 0) is 44.4 Å². The van der Waals surface area contributed by atoms with Gasteiger partial charge < -0.3 is 94.4 Å². The van der Waals surface area contributed by atoms with Gasteiger partial charge in [0.05, 0.1) is 25.9 Å². The molecule has 3 aliphatic heterocycles. The Morgan fingerprint density at radius 3 is 1.96 bits per heavy atom. The number of rotatable bonds is 13. The summed E-state index contributed by atoms with van der Waals surface area (Å²) >= 11 is 0. The van der Waals surface area contributed by atoms with Crippen molar-refractivity contribution in [2.45, 2.75) is 105 Å². The molecule has 3 fully saturated rings. The highest BCUT2D eigenvalue weighted by molar-refractivity contribution is 5.87. The van der Waals surface area contributed by atoms with E-state index in [2.05, 4.69) is 0 Å². The number of aliphatic hydroxyl groups excluding tert-OH is 8. The van der Waals surface area contributed by atoms with E-state index in [1.807, 2.05) is 0 Å². The van der Waals surface area contributed by atoms with Gasteiger partial charge in [0.2, 0.25) is 0 Å². The predicted molar refractivity (Wildman–Crippen MR) is 180 cm³/mol. The number of phenols is 4. The van der Waals surface area contributed by atoms with Gasteiger partial charge in [0, 0.05) is 6.08 Å². The van der Waals surface area contributed by atoms with Crippen LogP contribution < -0.4 is 0 Å². The normalized spacial score (nSPS) is 36.9. The number of hydrogen-bond acceptors (Lipinski definition) is 20. The fourth-order valence-electron chi connectivity index (χ4n) is 6.14. The molecule has 0 bridgehead atoms. The summed E-state index contributed by atoms with van der Waals surface area (Å²) in [7, 11) is 0. The van der Waals surface area contributed by atoms with Crippen molar-refractivity contribution in [2.75, 3.05) is 19.8 Å². The fraction of sp³-hybridized carbons (Fsp3) is 0.571. The molecule has 2 aromatic carbocycles. The van der Waals surface area contributed by atoms with Crippen molar-refractivity contribution >= 4 is 12.0 Å². The molecule has 306 valence electrons. The van der Waals surface area contributed by atoms with Crippen LogP contribution in [0.25, 0.3) is 6.08 Å². The van der Waals surface area contributed by atoms with E-state index >= 15 is 0 Å². The lowest BCUT2D eigenvalue weighted by Crippen LogP contribution is -2.66. The Hall–Kier alpha value is -3.71. The third-order valence-corrected chi connectivity index (χ3v) is 9.36. The number of hydrogen-bond donors (Lipinski definition) is 12. The quantitative estimate of drug-likeness (QED) is 0.0541. The SMILES string of the molecule is C[C@H]1O[C@@H](OC[C@H]2O[C@@H](OCCc3ccc(O)c(O)c3)[C@H](O)[C@H](O[C@@H]3O[C@H](CO)[C@@H](O)[C@@H](O)[C@H]3O)[C@@H]2OC(=O)/C=C/c2ccc(O)c(O)c2)[C@H](O)[C@H](O)[C@H]1O. The second kappa shape index (κ2) is 18.5. The first-order chi connectivity index (χ1) is 26.1. The topological polar surface area (TPSA) is 324 Å². The van der Waals surface area contributed by atoms with Gasteiger partial charge >= 0.3 is 5.97 Å². The van der Waals surface area contributed by atoms with E-state index in [4.69, 9.17) is 33.2 Å². The van der Waals surface area contributed by atoms with Gasteiger partial charge in [-0.25, -0.2) is 4.79 Å². The van der Waals surface area contributed by atoms with Gasteiger partial charge in [-0.3, -0.25) is 0 Å². The lowest BCUT2D eigenvalue weighted by molar-refractivity contribution is -0.365. The third kappa shape index (κ3) is 10.0. The first kappa shape index (κ1) is 42.4. The lowest BCUT2D eigenvalue weighted by atomic mass is 9.96. The Morgan fingerprint density at radius 1 is 0.673 bits per heavy atom. The summed E-state index contributed by atoms with van der Waals surface area (Å²) in [5.41, 5.74) is 0.767. The van der Waals surface area contributed by atoms with E-state index in [0.29, 0.717) is 5.56 Å². The van der Waals surface area contributed by atoms with E-state index in [9.17, 15) is 66.1 Å². The van der Waals surface area contributed by atoms with E-state index in [0.717, 1.165) is 12.1 Å². The van der Waals surface area contributed by atoms with Gasteiger partial charge in [-0.15, -0.1) is 0 Å². The van der Waals surface area contributed by atoms with Gasteiger partial charge in [0.25, 0.3) is 0 Å². The average molecular weight is 787 g/mol. The molecule has 0 aromatic heterocycles. The smallest absolute Gasteiger partial charge is 0.331 e. The van der Waals surface area contributed by atoms with Crippen molar-refractivity contribution in [3.63, 3.8) is 0 Å². The number of ether oxygens (including phenoxy) is 7. The standard InChI is InChI=1S/C35H46O20/c1-14-24(42)26(44)28(46)33(51-14)50-13-22-31(54-23(41)7-4-15-2-5-17(37)19(39)10-15)32(55-35-29(47)27(45)25(43)21(12-36)52-35)30(48)34(53-22)49-9-8-16-3-6-18(38)20(40)11-16/h2-7,10-11,14,21-22,24-40,42-48H,8-9,12-13H2,1H3/b7-4+/t14-,21-,22-,24+,25-,26-,27-,28-,29-,30-,31-,32+,33-,34-,35+/m1/s1. The van der Waals surface area contributed by atoms with Crippen molar-refractivity contribution in [1.29, 1.82) is 0 Å². The van der Waals surface area contributed by atoms with E-state index in [1.54, 1.807) is 0 Å². The van der Waals surface area contributed by atoms with Gasteiger partial charge in [0.1, 0.15) is 61.0 Å². The molecule has 3 saturated heterocycles. The summed E-state index contributed by atoms with van der Waals surface area (Å²) in [5.74, 6) is -2.72. The molecule has 3 heterocycles.